The van der Waals surface area contributed by atoms with Gasteiger partial charge in [-0.2, -0.15) is 13.8 Å². The van der Waals surface area contributed by atoms with Crippen LogP contribution in [-0.4, -0.2) is 53.6 Å². The maximum Gasteiger partial charge on any atom is 0.360 e. The van der Waals surface area contributed by atoms with E-state index < -0.39 is 24.5 Å². The number of Topliss-reactive ketones (excluding diaryl/α,β-unsaturated/α-hetero) is 1. The summed E-state index contributed by atoms with van der Waals surface area (Å²) >= 11 is 0. The highest BCUT2D eigenvalue weighted by Crippen LogP contribution is 2.37. The number of rotatable bonds is 10. The molecule has 4 rings (SSSR count). The number of hydrogen-bond donors (Lipinski definition) is 0. The largest absolute Gasteiger partial charge is 0.496 e. The van der Waals surface area contributed by atoms with Crippen molar-refractivity contribution in [3.05, 3.63) is 95.6 Å². The van der Waals surface area contributed by atoms with E-state index in [0.29, 0.717) is 36.3 Å². The molecule has 0 spiro atoms. The second-order valence-corrected chi connectivity index (χ2v) is 8.60. The number of piperidine rings is 1. The van der Waals surface area contributed by atoms with Crippen molar-refractivity contribution in [1.29, 1.82) is 0 Å². The van der Waals surface area contributed by atoms with Crippen LogP contribution in [-0.2, 0) is 11.4 Å². The molecule has 6 nitrogen and oxygen atoms in total. The number of carbonyl (C=O) groups excluding carboxylic acids is 1. The molecule has 2 atom stereocenters. The van der Waals surface area contributed by atoms with Crippen LogP contribution in [0.5, 0.6) is 5.75 Å². The number of hydroxylamine groups is 2. The van der Waals surface area contributed by atoms with Gasteiger partial charge in [0.1, 0.15) is 11.6 Å². The van der Waals surface area contributed by atoms with Crippen LogP contribution in [0.25, 0.3) is 0 Å². The number of ketones is 1. The highest BCUT2D eigenvalue weighted by molar-refractivity contribution is 5.97. The molecule has 0 radical (unpaired) electrons. The van der Waals surface area contributed by atoms with E-state index in [0.717, 1.165) is 5.56 Å². The summed E-state index contributed by atoms with van der Waals surface area (Å²) in [7, 11) is 1.44. The van der Waals surface area contributed by atoms with Crippen molar-refractivity contribution in [3.63, 3.8) is 0 Å². The number of ether oxygens (including phenoxy) is 1. The Morgan fingerprint density at radius 2 is 1.97 bits per heavy atom. The molecular formula is C27H28F3N3O3. The summed E-state index contributed by atoms with van der Waals surface area (Å²) in [6.07, 6.45) is 4.32. The topological polar surface area (TPSA) is 54.9 Å². The molecule has 1 fully saturated rings. The monoisotopic (exact) mass is 499 g/mol. The molecule has 2 heterocycles. The first kappa shape index (κ1) is 25.8. The van der Waals surface area contributed by atoms with Gasteiger partial charge in [-0.25, -0.2) is 9.23 Å². The Morgan fingerprint density at radius 3 is 2.67 bits per heavy atom. The average Bonchev–Trinajstić information content (AvgIpc) is 2.89. The highest BCUT2D eigenvalue weighted by Gasteiger charge is 2.39. The van der Waals surface area contributed by atoms with Gasteiger partial charge in [-0.3, -0.25) is 14.7 Å². The lowest BCUT2D eigenvalue weighted by molar-refractivity contribution is -0.312. The van der Waals surface area contributed by atoms with Gasteiger partial charge < -0.3 is 4.74 Å². The number of benzene rings is 2. The Labute approximate surface area is 208 Å². The van der Waals surface area contributed by atoms with Crippen LogP contribution in [0, 0.1) is 5.82 Å². The van der Waals surface area contributed by atoms with E-state index in [1.54, 1.807) is 18.3 Å². The molecule has 1 aliphatic heterocycles. The molecule has 2 aromatic carbocycles. The van der Waals surface area contributed by atoms with Gasteiger partial charge in [-0.1, -0.05) is 30.3 Å². The Kier molecular flexibility index (Phi) is 8.69. The molecule has 0 saturated carbocycles. The lowest BCUT2D eigenvalue weighted by Gasteiger charge is -2.45. The summed E-state index contributed by atoms with van der Waals surface area (Å²) < 4.78 is 46.6. The fourth-order valence-electron chi connectivity index (χ4n) is 4.78. The van der Waals surface area contributed by atoms with E-state index in [2.05, 4.69) is 4.98 Å². The van der Waals surface area contributed by atoms with E-state index in [1.807, 2.05) is 35.2 Å². The Bertz CT molecular complexity index is 1130. The molecule has 36 heavy (non-hydrogen) atoms. The summed E-state index contributed by atoms with van der Waals surface area (Å²) in [5.74, 6) is -0.248. The third-order valence-corrected chi connectivity index (χ3v) is 6.33. The molecule has 0 amide bonds. The molecule has 0 bridgehead atoms. The quantitative estimate of drug-likeness (QED) is 0.280. The molecule has 3 aromatic rings. The zero-order valence-corrected chi connectivity index (χ0v) is 19.9. The van der Waals surface area contributed by atoms with Gasteiger partial charge in [0.05, 0.1) is 32.3 Å². The molecule has 2 unspecified atom stereocenters. The normalized spacial score (nSPS) is 18.5. The molecule has 9 heteroatoms. The van der Waals surface area contributed by atoms with Gasteiger partial charge in [0.25, 0.3) is 0 Å². The number of nitrogens with zero attached hydrogens (tertiary/aromatic N) is 3. The minimum Gasteiger partial charge on any atom is -0.496 e. The molecule has 1 aliphatic rings. The lowest BCUT2D eigenvalue weighted by atomic mass is 9.89. The van der Waals surface area contributed by atoms with Crippen LogP contribution >= 0.6 is 0 Å². The van der Waals surface area contributed by atoms with Gasteiger partial charge in [-0.05, 0) is 55.3 Å². The Balaban J connectivity index is 1.68. The van der Waals surface area contributed by atoms with Crippen LogP contribution in [0.4, 0.5) is 13.2 Å². The summed E-state index contributed by atoms with van der Waals surface area (Å²) in [6, 6.07) is 15.8. The number of alkyl halides is 2. The van der Waals surface area contributed by atoms with Crippen molar-refractivity contribution in [1.82, 2.24) is 14.9 Å². The summed E-state index contributed by atoms with van der Waals surface area (Å²) in [5.41, 5.74) is 1.74. The van der Waals surface area contributed by atoms with Crippen molar-refractivity contribution < 1.29 is 27.5 Å². The number of aromatic nitrogens is 1. The van der Waals surface area contributed by atoms with Gasteiger partial charge in [0.15, 0.2) is 5.78 Å². The van der Waals surface area contributed by atoms with E-state index in [1.165, 1.54) is 36.6 Å². The zero-order chi connectivity index (χ0) is 25.5. The predicted molar refractivity (Wildman–Crippen MR) is 128 cm³/mol. The minimum atomic E-state index is -3.08. The second kappa shape index (κ2) is 12.1. The van der Waals surface area contributed by atoms with Crippen molar-refractivity contribution >= 4 is 5.78 Å². The SMILES string of the molecule is COc1ccc(F)cc1CN(OC(F)F)C1CCCN(CC(=O)c2cccnc2)C1c1ccccc1. The molecule has 190 valence electrons. The average molecular weight is 500 g/mol. The minimum absolute atomic E-state index is 0.0908. The number of likely N-dealkylation sites (tertiary alicyclic amines) is 1. The molecule has 1 aromatic heterocycles. The number of methoxy groups -OCH3 is 1. The fourth-order valence-corrected chi connectivity index (χ4v) is 4.78. The number of pyridine rings is 1. The molecular weight excluding hydrogens is 471 g/mol. The Morgan fingerprint density at radius 1 is 1.17 bits per heavy atom. The van der Waals surface area contributed by atoms with Crippen LogP contribution in [0.15, 0.2) is 73.1 Å². The van der Waals surface area contributed by atoms with E-state index >= 15 is 0 Å². The number of carbonyl (C=O) groups is 1. The van der Waals surface area contributed by atoms with Gasteiger partial charge in [0.2, 0.25) is 0 Å². The molecule has 0 aliphatic carbocycles. The zero-order valence-electron chi connectivity index (χ0n) is 19.9. The maximum atomic E-state index is 14.0. The van der Waals surface area contributed by atoms with Crippen LogP contribution < -0.4 is 4.74 Å². The summed E-state index contributed by atoms with van der Waals surface area (Å²) in [4.78, 5) is 24.1. The highest BCUT2D eigenvalue weighted by atomic mass is 19.3. The van der Waals surface area contributed by atoms with Crippen LogP contribution in [0.3, 0.4) is 0 Å². The first-order valence-electron chi connectivity index (χ1n) is 11.7. The van der Waals surface area contributed by atoms with E-state index in [-0.39, 0.29) is 18.9 Å². The van der Waals surface area contributed by atoms with Crippen LogP contribution in [0.2, 0.25) is 0 Å². The lowest BCUT2D eigenvalue weighted by Crippen LogP contribution is -2.51. The second-order valence-electron chi connectivity index (χ2n) is 8.60. The third kappa shape index (κ3) is 6.29. The van der Waals surface area contributed by atoms with Gasteiger partial charge in [-0.15, -0.1) is 0 Å². The first-order valence-corrected chi connectivity index (χ1v) is 11.7. The summed E-state index contributed by atoms with van der Waals surface area (Å²) in [6.45, 7) is -2.50. The summed E-state index contributed by atoms with van der Waals surface area (Å²) in [5, 5.41) is 1.21. The van der Waals surface area contributed by atoms with Crippen molar-refractivity contribution in [2.24, 2.45) is 0 Å². The number of halogens is 3. The smallest absolute Gasteiger partial charge is 0.360 e. The van der Waals surface area contributed by atoms with Crippen molar-refractivity contribution in [2.45, 2.75) is 38.1 Å². The maximum absolute atomic E-state index is 14.0. The first-order chi connectivity index (χ1) is 17.5. The van der Waals surface area contributed by atoms with E-state index in [4.69, 9.17) is 9.57 Å². The fraction of sp³-hybridized carbons (Fsp3) is 0.333. The predicted octanol–water partition coefficient (Wildman–Crippen LogP) is 5.27. The van der Waals surface area contributed by atoms with Crippen molar-refractivity contribution in [2.75, 3.05) is 20.2 Å². The number of hydrogen-bond acceptors (Lipinski definition) is 6. The van der Waals surface area contributed by atoms with Gasteiger partial charge >= 0.3 is 6.61 Å². The molecule has 0 N–H and O–H groups in total. The molecule has 1 saturated heterocycles. The Hall–Kier alpha value is -3.27. The van der Waals surface area contributed by atoms with Gasteiger partial charge in [0, 0.05) is 23.5 Å². The van der Waals surface area contributed by atoms with Crippen LogP contribution in [0.1, 0.15) is 40.4 Å². The van der Waals surface area contributed by atoms with E-state index in [9.17, 15) is 18.0 Å². The third-order valence-electron chi connectivity index (χ3n) is 6.33. The standard InChI is InChI=1S/C27H28F3N3O3/c1-35-25-12-11-22(28)15-21(25)17-33(36-27(29)30)23-10-6-14-32(26(23)19-7-3-2-4-8-19)18-24(34)20-9-5-13-31-16-20/h2-5,7-9,11-13,15-16,23,26-27H,6,10,14,17-18H2,1H3. The van der Waals surface area contributed by atoms with Crippen molar-refractivity contribution in [3.8, 4) is 5.75 Å².